The van der Waals surface area contributed by atoms with Crippen LogP contribution in [-0.4, -0.2) is 34.9 Å². The van der Waals surface area contributed by atoms with E-state index in [1.54, 1.807) is 0 Å². The summed E-state index contributed by atoms with van der Waals surface area (Å²) in [6.45, 7) is 1.63. The molecule has 0 radical (unpaired) electrons. The van der Waals surface area contributed by atoms with E-state index < -0.39 is 5.92 Å². The van der Waals surface area contributed by atoms with Gasteiger partial charge in [-0.15, -0.1) is 0 Å². The molecule has 2 rings (SSSR count). The lowest BCUT2D eigenvalue weighted by Gasteiger charge is -2.33. The van der Waals surface area contributed by atoms with Gasteiger partial charge in [0.05, 0.1) is 4.99 Å². The Morgan fingerprint density at radius 3 is 2.61 bits per heavy atom. The number of thiocarbonyl (C=S) groups is 1. The van der Waals surface area contributed by atoms with Crippen molar-refractivity contribution in [3.63, 3.8) is 0 Å². The van der Waals surface area contributed by atoms with E-state index in [0.29, 0.717) is 23.9 Å². The van der Waals surface area contributed by atoms with Gasteiger partial charge < -0.3 is 5.73 Å². The van der Waals surface area contributed by atoms with Crippen molar-refractivity contribution >= 4 is 17.2 Å². The van der Waals surface area contributed by atoms with Gasteiger partial charge in [0.15, 0.2) is 0 Å². The number of alkyl halides is 2. The molecule has 0 heterocycles. The minimum Gasteiger partial charge on any atom is -0.393 e. The Morgan fingerprint density at radius 1 is 1.33 bits per heavy atom. The summed E-state index contributed by atoms with van der Waals surface area (Å²) in [7, 11) is 0. The first kappa shape index (κ1) is 14.1. The molecule has 2 aliphatic carbocycles. The number of rotatable bonds is 6. The van der Waals surface area contributed by atoms with E-state index in [1.807, 2.05) is 0 Å². The first-order valence-electron chi connectivity index (χ1n) is 6.86. The molecule has 0 bridgehead atoms. The summed E-state index contributed by atoms with van der Waals surface area (Å²) in [6, 6.07) is 0.592. The van der Waals surface area contributed by atoms with Gasteiger partial charge in [-0.25, -0.2) is 8.78 Å². The molecule has 0 amide bonds. The molecular formula is C13H22F2N2S. The van der Waals surface area contributed by atoms with Gasteiger partial charge in [-0.05, 0) is 31.6 Å². The average Bonchev–Trinajstić information content (AvgIpc) is 3.06. The van der Waals surface area contributed by atoms with Crippen LogP contribution in [0.2, 0.25) is 0 Å². The topological polar surface area (TPSA) is 29.3 Å². The zero-order valence-electron chi connectivity index (χ0n) is 10.7. The summed E-state index contributed by atoms with van der Waals surface area (Å²) in [5.41, 5.74) is 5.52. The van der Waals surface area contributed by atoms with Gasteiger partial charge in [-0.3, -0.25) is 4.90 Å². The van der Waals surface area contributed by atoms with Crippen molar-refractivity contribution in [1.82, 2.24) is 4.90 Å². The van der Waals surface area contributed by atoms with Gasteiger partial charge in [-0.1, -0.05) is 12.2 Å². The minimum atomic E-state index is -2.44. The van der Waals surface area contributed by atoms with Crippen LogP contribution in [0.3, 0.4) is 0 Å². The summed E-state index contributed by atoms with van der Waals surface area (Å²) < 4.78 is 26.8. The second kappa shape index (κ2) is 5.78. The second-order valence-corrected chi connectivity index (χ2v) is 6.29. The number of hydrogen-bond acceptors (Lipinski definition) is 2. The van der Waals surface area contributed by atoms with Crippen LogP contribution >= 0.6 is 12.2 Å². The molecule has 2 nitrogen and oxygen atoms in total. The van der Waals surface area contributed by atoms with Gasteiger partial charge in [-0.2, -0.15) is 0 Å². The predicted molar refractivity (Wildman–Crippen MR) is 72.9 cm³/mol. The van der Waals surface area contributed by atoms with Crippen LogP contribution in [0.15, 0.2) is 0 Å². The summed E-state index contributed by atoms with van der Waals surface area (Å²) in [6.07, 6.45) is 4.82. The number of nitrogens with two attached hydrogens (primary N) is 1. The molecule has 0 saturated heterocycles. The normalized spacial score (nSPS) is 27.4. The maximum Gasteiger partial charge on any atom is 0.248 e. The van der Waals surface area contributed by atoms with E-state index >= 15 is 0 Å². The van der Waals surface area contributed by atoms with E-state index in [1.165, 1.54) is 12.8 Å². The van der Waals surface area contributed by atoms with Crippen LogP contribution in [-0.2, 0) is 0 Å². The summed E-state index contributed by atoms with van der Waals surface area (Å²) >= 11 is 4.89. The summed E-state index contributed by atoms with van der Waals surface area (Å²) in [5.74, 6) is -2.30. The minimum absolute atomic E-state index is 0.0588. The summed E-state index contributed by atoms with van der Waals surface area (Å²) in [5, 5.41) is 0. The number of nitrogens with zero attached hydrogens (tertiary/aromatic N) is 1. The molecule has 2 N–H and O–H groups in total. The van der Waals surface area contributed by atoms with E-state index in [0.717, 1.165) is 19.5 Å². The maximum absolute atomic E-state index is 13.4. The second-order valence-electron chi connectivity index (χ2n) is 5.76. The van der Waals surface area contributed by atoms with Crippen molar-refractivity contribution in [3.8, 4) is 0 Å². The molecule has 104 valence electrons. The fourth-order valence-electron chi connectivity index (χ4n) is 2.88. The van der Waals surface area contributed by atoms with Crippen LogP contribution in [0.4, 0.5) is 8.78 Å². The third kappa shape index (κ3) is 4.43. The van der Waals surface area contributed by atoms with Crippen LogP contribution in [0.1, 0.15) is 44.9 Å². The van der Waals surface area contributed by atoms with Gasteiger partial charge in [0.2, 0.25) is 5.92 Å². The highest BCUT2D eigenvalue weighted by Gasteiger charge is 2.38. The smallest absolute Gasteiger partial charge is 0.248 e. The van der Waals surface area contributed by atoms with E-state index in [-0.39, 0.29) is 18.8 Å². The van der Waals surface area contributed by atoms with Gasteiger partial charge in [0.25, 0.3) is 0 Å². The van der Waals surface area contributed by atoms with Gasteiger partial charge in [0, 0.05) is 38.4 Å². The molecule has 0 aromatic heterocycles. The third-order valence-corrected chi connectivity index (χ3v) is 4.15. The highest BCUT2D eigenvalue weighted by Crippen LogP contribution is 2.38. The van der Waals surface area contributed by atoms with Crippen molar-refractivity contribution in [2.45, 2.75) is 56.9 Å². The fraction of sp³-hybridized carbons (Fsp3) is 0.923. The lowest BCUT2D eigenvalue weighted by Crippen LogP contribution is -2.38. The molecule has 2 aliphatic rings. The highest BCUT2D eigenvalue weighted by atomic mass is 32.1. The predicted octanol–water partition coefficient (Wildman–Crippen LogP) is 2.95. The lowest BCUT2D eigenvalue weighted by atomic mass is 9.86. The van der Waals surface area contributed by atoms with E-state index in [4.69, 9.17) is 18.0 Å². The van der Waals surface area contributed by atoms with Crippen molar-refractivity contribution < 1.29 is 8.78 Å². The zero-order valence-corrected chi connectivity index (χ0v) is 11.5. The molecule has 18 heavy (non-hydrogen) atoms. The molecule has 0 aliphatic heterocycles. The molecule has 2 fully saturated rings. The van der Waals surface area contributed by atoms with Crippen molar-refractivity contribution in [1.29, 1.82) is 0 Å². The monoisotopic (exact) mass is 276 g/mol. The Kier molecular flexibility index (Phi) is 4.54. The number of halogens is 2. The first-order chi connectivity index (χ1) is 8.46. The third-order valence-electron chi connectivity index (χ3n) is 3.94. The quantitative estimate of drug-likeness (QED) is 0.756. The Morgan fingerprint density at radius 2 is 2.06 bits per heavy atom. The van der Waals surface area contributed by atoms with E-state index in [2.05, 4.69) is 4.90 Å². The molecule has 5 heteroatoms. The standard InChI is InChI=1S/C13H22F2N2S/c14-13(15)6-1-2-10(8-13)9-17(11-3-4-11)7-5-12(16)18/h10-11H,1-9H2,(H2,16,18). The van der Waals surface area contributed by atoms with Crippen LogP contribution in [0, 0.1) is 5.92 Å². The lowest BCUT2D eigenvalue weighted by molar-refractivity contribution is -0.0571. The molecule has 0 spiro atoms. The van der Waals surface area contributed by atoms with Gasteiger partial charge in [0.1, 0.15) is 0 Å². The highest BCUT2D eigenvalue weighted by molar-refractivity contribution is 7.80. The Labute approximate surface area is 113 Å². The zero-order chi connectivity index (χ0) is 13.2. The first-order valence-corrected chi connectivity index (χ1v) is 7.27. The Hall–Kier alpha value is -0.290. The Bertz CT molecular complexity index is 305. The Balaban J connectivity index is 1.82. The molecule has 0 aromatic carbocycles. The molecule has 1 atom stereocenters. The molecule has 2 saturated carbocycles. The van der Waals surface area contributed by atoms with Crippen molar-refractivity contribution in [2.24, 2.45) is 11.7 Å². The van der Waals surface area contributed by atoms with Crippen LogP contribution in [0.25, 0.3) is 0 Å². The SMILES string of the molecule is NC(=S)CCN(CC1CCCC(F)(F)C1)C1CC1. The average molecular weight is 276 g/mol. The summed E-state index contributed by atoms with van der Waals surface area (Å²) in [4.78, 5) is 2.85. The van der Waals surface area contributed by atoms with Crippen LogP contribution in [0.5, 0.6) is 0 Å². The molecule has 1 unspecified atom stereocenters. The fourth-order valence-corrected chi connectivity index (χ4v) is 2.97. The van der Waals surface area contributed by atoms with Crippen molar-refractivity contribution in [3.05, 3.63) is 0 Å². The van der Waals surface area contributed by atoms with Gasteiger partial charge >= 0.3 is 0 Å². The largest absolute Gasteiger partial charge is 0.393 e. The maximum atomic E-state index is 13.4. The van der Waals surface area contributed by atoms with Crippen LogP contribution < -0.4 is 5.73 Å². The molecular weight excluding hydrogens is 254 g/mol. The number of hydrogen-bond donors (Lipinski definition) is 1. The van der Waals surface area contributed by atoms with Crippen molar-refractivity contribution in [2.75, 3.05) is 13.1 Å². The molecule has 0 aromatic rings. The van der Waals surface area contributed by atoms with E-state index in [9.17, 15) is 8.78 Å².